The molecule has 1 heterocycles. The molecule has 0 radical (unpaired) electrons. The molecule has 1 aromatic heterocycles. The van der Waals surface area contributed by atoms with Crippen molar-refractivity contribution in [3.8, 4) is 0 Å². The lowest BCUT2D eigenvalue weighted by molar-refractivity contribution is -0.119. The quantitative estimate of drug-likeness (QED) is 0.732. The van der Waals surface area contributed by atoms with Gasteiger partial charge in [-0.05, 0) is 19.8 Å². The minimum Gasteiger partial charge on any atom is -0.368 e. The standard InChI is InChI=1S/C12H16F2N4O/c1-2-15-11-8(13)5-9(14)12(18-11)16-6-10(19)17-7-3-4-7/h5,7H,2-4,6H2,1H3,(H,17,19)(H2,15,16,18). The molecular formula is C12H16F2N4O. The van der Waals surface area contributed by atoms with E-state index in [1.807, 2.05) is 0 Å². The maximum absolute atomic E-state index is 13.5. The van der Waals surface area contributed by atoms with Gasteiger partial charge in [-0.25, -0.2) is 13.8 Å². The first-order valence-electron chi connectivity index (χ1n) is 6.23. The summed E-state index contributed by atoms with van der Waals surface area (Å²) in [5.41, 5.74) is 0. The summed E-state index contributed by atoms with van der Waals surface area (Å²) in [6, 6.07) is 0.990. The third-order valence-electron chi connectivity index (χ3n) is 2.63. The molecule has 1 fully saturated rings. The molecule has 0 saturated heterocycles. The molecule has 0 bridgehead atoms. The van der Waals surface area contributed by atoms with Crippen molar-refractivity contribution in [1.29, 1.82) is 0 Å². The summed E-state index contributed by atoms with van der Waals surface area (Å²) in [6.45, 7) is 2.16. The van der Waals surface area contributed by atoms with Crippen molar-refractivity contribution in [2.24, 2.45) is 0 Å². The largest absolute Gasteiger partial charge is 0.368 e. The molecule has 5 nitrogen and oxygen atoms in total. The van der Waals surface area contributed by atoms with Crippen LogP contribution < -0.4 is 16.0 Å². The van der Waals surface area contributed by atoms with E-state index >= 15 is 0 Å². The second kappa shape index (κ2) is 5.81. The molecule has 3 N–H and O–H groups in total. The van der Waals surface area contributed by atoms with E-state index in [0.717, 1.165) is 18.9 Å². The van der Waals surface area contributed by atoms with Gasteiger partial charge in [0.1, 0.15) is 0 Å². The number of hydrogen-bond donors (Lipinski definition) is 3. The maximum Gasteiger partial charge on any atom is 0.239 e. The zero-order valence-corrected chi connectivity index (χ0v) is 10.6. The van der Waals surface area contributed by atoms with Gasteiger partial charge >= 0.3 is 0 Å². The fourth-order valence-corrected chi connectivity index (χ4v) is 1.55. The number of carbonyl (C=O) groups excluding carboxylic acids is 1. The van der Waals surface area contributed by atoms with E-state index in [2.05, 4.69) is 20.9 Å². The first kappa shape index (κ1) is 13.5. The molecule has 1 aliphatic carbocycles. The predicted octanol–water partition coefficient (Wildman–Crippen LogP) is 1.48. The first-order chi connectivity index (χ1) is 9.10. The van der Waals surface area contributed by atoms with Crippen molar-refractivity contribution >= 4 is 17.5 Å². The molecule has 0 unspecified atom stereocenters. The van der Waals surface area contributed by atoms with Crippen LogP contribution in [-0.2, 0) is 4.79 Å². The Balaban J connectivity index is 1.97. The van der Waals surface area contributed by atoms with Crippen molar-refractivity contribution in [3.05, 3.63) is 17.7 Å². The minimum atomic E-state index is -0.821. The number of nitrogens with zero attached hydrogens (tertiary/aromatic N) is 1. The second-order valence-electron chi connectivity index (χ2n) is 4.37. The summed E-state index contributed by atoms with van der Waals surface area (Å²) in [5, 5.41) is 8.00. The van der Waals surface area contributed by atoms with E-state index in [4.69, 9.17) is 0 Å². The maximum atomic E-state index is 13.5. The molecule has 2 rings (SSSR count). The average molecular weight is 270 g/mol. The Morgan fingerprint density at radius 1 is 1.32 bits per heavy atom. The number of rotatable bonds is 6. The van der Waals surface area contributed by atoms with E-state index in [0.29, 0.717) is 6.54 Å². The highest BCUT2D eigenvalue weighted by Crippen LogP contribution is 2.19. The SMILES string of the molecule is CCNc1nc(NCC(=O)NC2CC2)c(F)cc1F. The minimum absolute atomic E-state index is 0.0333. The zero-order chi connectivity index (χ0) is 13.8. The summed E-state index contributed by atoms with van der Waals surface area (Å²) >= 11 is 0. The van der Waals surface area contributed by atoms with Gasteiger partial charge in [0, 0.05) is 18.7 Å². The highest BCUT2D eigenvalue weighted by molar-refractivity contribution is 5.81. The first-order valence-corrected chi connectivity index (χ1v) is 6.23. The van der Waals surface area contributed by atoms with Gasteiger partial charge in [0.15, 0.2) is 23.3 Å². The molecule has 0 aliphatic heterocycles. The number of nitrogens with one attached hydrogen (secondary N) is 3. The van der Waals surface area contributed by atoms with Crippen LogP contribution in [0.1, 0.15) is 19.8 Å². The van der Waals surface area contributed by atoms with E-state index in [1.165, 1.54) is 0 Å². The van der Waals surface area contributed by atoms with E-state index < -0.39 is 11.6 Å². The van der Waals surface area contributed by atoms with Crippen molar-refractivity contribution in [2.75, 3.05) is 23.7 Å². The van der Waals surface area contributed by atoms with Crippen molar-refractivity contribution in [3.63, 3.8) is 0 Å². The van der Waals surface area contributed by atoms with Gasteiger partial charge in [-0.15, -0.1) is 0 Å². The van der Waals surface area contributed by atoms with Gasteiger partial charge < -0.3 is 16.0 Å². The third-order valence-corrected chi connectivity index (χ3v) is 2.63. The lowest BCUT2D eigenvalue weighted by atomic mass is 10.4. The molecule has 1 saturated carbocycles. The van der Waals surface area contributed by atoms with Gasteiger partial charge in [-0.2, -0.15) is 0 Å². The number of amides is 1. The van der Waals surface area contributed by atoms with Crippen molar-refractivity contribution in [2.45, 2.75) is 25.8 Å². The number of pyridine rings is 1. The fraction of sp³-hybridized carbons (Fsp3) is 0.500. The zero-order valence-electron chi connectivity index (χ0n) is 10.6. The Hall–Kier alpha value is -1.92. The van der Waals surface area contributed by atoms with E-state index in [1.54, 1.807) is 6.92 Å². The Kier molecular flexibility index (Phi) is 4.13. The Labute approximate surface area is 109 Å². The van der Waals surface area contributed by atoms with Gasteiger partial charge in [-0.3, -0.25) is 4.79 Å². The van der Waals surface area contributed by atoms with Crippen LogP contribution in [0.4, 0.5) is 20.4 Å². The number of hydrogen-bond acceptors (Lipinski definition) is 4. The summed E-state index contributed by atoms with van der Waals surface area (Å²) in [4.78, 5) is 15.2. The summed E-state index contributed by atoms with van der Waals surface area (Å²) < 4.78 is 26.8. The van der Waals surface area contributed by atoms with E-state index in [-0.39, 0.29) is 30.1 Å². The molecule has 19 heavy (non-hydrogen) atoms. The molecule has 0 spiro atoms. The normalized spacial score (nSPS) is 14.1. The number of anilines is 2. The van der Waals surface area contributed by atoms with E-state index in [9.17, 15) is 13.6 Å². The summed E-state index contributed by atoms with van der Waals surface area (Å²) in [7, 11) is 0. The molecule has 1 amide bonds. The van der Waals surface area contributed by atoms with Crippen LogP contribution in [0.5, 0.6) is 0 Å². The van der Waals surface area contributed by atoms with Gasteiger partial charge in [0.25, 0.3) is 0 Å². The van der Waals surface area contributed by atoms with Crippen LogP contribution in [0.3, 0.4) is 0 Å². The van der Waals surface area contributed by atoms with Crippen LogP contribution in [-0.4, -0.2) is 30.0 Å². The molecule has 0 aromatic carbocycles. The molecule has 7 heteroatoms. The van der Waals surface area contributed by atoms with Crippen LogP contribution >= 0.6 is 0 Å². The fourth-order valence-electron chi connectivity index (χ4n) is 1.55. The predicted molar refractivity (Wildman–Crippen MR) is 68.0 cm³/mol. The molecule has 104 valence electrons. The van der Waals surface area contributed by atoms with Crippen LogP contribution in [0.2, 0.25) is 0 Å². The summed E-state index contributed by atoms with van der Waals surface area (Å²) in [5.74, 6) is -1.97. The monoisotopic (exact) mass is 270 g/mol. The van der Waals surface area contributed by atoms with Gasteiger partial charge in [-0.1, -0.05) is 0 Å². The third kappa shape index (κ3) is 3.77. The molecule has 1 aromatic rings. The van der Waals surface area contributed by atoms with Gasteiger partial charge in [0.2, 0.25) is 5.91 Å². The van der Waals surface area contributed by atoms with Crippen LogP contribution in [0, 0.1) is 11.6 Å². The molecule has 1 aliphatic rings. The van der Waals surface area contributed by atoms with Crippen LogP contribution in [0.15, 0.2) is 6.07 Å². The lowest BCUT2D eigenvalue weighted by Gasteiger charge is -2.10. The number of carbonyl (C=O) groups is 1. The number of halogens is 2. The lowest BCUT2D eigenvalue weighted by Crippen LogP contribution is -2.31. The topological polar surface area (TPSA) is 66.0 Å². The highest BCUT2D eigenvalue weighted by atomic mass is 19.1. The Morgan fingerprint density at radius 3 is 2.53 bits per heavy atom. The Bertz CT molecular complexity index is 477. The van der Waals surface area contributed by atoms with Crippen LogP contribution in [0.25, 0.3) is 0 Å². The van der Waals surface area contributed by atoms with Crippen molar-refractivity contribution < 1.29 is 13.6 Å². The second-order valence-corrected chi connectivity index (χ2v) is 4.37. The summed E-state index contributed by atoms with van der Waals surface area (Å²) in [6.07, 6.45) is 1.97. The highest BCUT2D eigenvalue weighted by Gasteiger charge is 2.23. The van der Waals surface area contributed by atoms with Gasteiger partial charge in [0.05, 0.1) is 6.54 Å². The smallest absolute Gasteiger partial charge is 0.239 e. The van der Waals surface area contributed by atoms with Crippen molar-refractivity contribution in [1.82, 2.24) is 10.3 Å². The number of aromatic nitrogens is 1. The Morgan fingerprint density at radius 2 is 1.95 bits per heavy atom. The average Bonchev–Trinajstić information content (AvgIpc) is 3.15. The molecular weight excluding hydrogens is 254 g/mol. The molecule has 0 atom stereocenters.